The zero-order valence-corrected chi connectivity index (χ0v) is 12.0. The first-order chi connectivity index (χ1) is 9.11. The molecule has 0 radical (unpaired) electrons. The van der Waals surface area contributed by atoms with Crippen molar-refractivity contribution in [2.75, 3.05) is 0 Å². The number of carbonyl (C=O) groups excluding carboxylic acids is 1. The van der Waals surface area contributed by atoms with Gasteiger partial charge in [-0.25, -0.2) is 4.39 Å². The Morgan fingerprint density at radius 3 is 2.63 bits per heavy atom. The minimum Gasteiger partial charge on any atom is -0.349 e. The summed E-state index contributed by atoms with van der Waals surface area (Å²) in [6.45, 7) is 0. The topological polar surface area (TPSA) is 41.1 Å². The predicted molar refractivity (Wildman–Crippen MR) is 74.5 cm³/mol. The van der Waals surface area contributed by atoms with Crippen LogP contribution < -0.4 is 10.6 Å². The third-order valence-electron chi connectivity index (χ3n) is 3.98. The summed E-state index contributed by atoms with van der Waals surface area (Å²) in [5.74, 6) is -0.471. The van der Waals surface area contributed by atoms with E-state index in [1.807, 2.05) is 0 Å². The van der Waals surface area contributed by atoms with Crippen LogP contribution in [0.3, 0.4) is 0 Å². The van der Waals surface area contributed by atoms with Crippen molar-refractivity contribution in [3.8, 4) is 0 Å². The van der Waals surface area contributed by atoms with Crippen molar-refractivity contribution in [2.45, 2.75) is 43.8 Å². The zero-order chi connectivity index (χ0) is 13.4. The van der Waals surface area contributed by atoms with Crippen molar-refractivity contribution >= 4 is 21.8 Å². The van der Waals surface area contributed by atoms with Crippen molar-refractivity contribution in [1.29, 1.82) is 0 Å². The second kappa shape index (κ2) is 5.21. The van der Waals surface area contributed by atoms with Crippen molar-refractivity contribution in [2.24, 2.45) is 0 Å². The summed E-state index contributed by atoms with van der Waals surface area (Å²) in [5, 5.41) is 6.61. The van der Waals surface area contributed by atoms with Crippen molar-refractivity contribution < 1.29 is 9.18 Å². The molecule has 2 atom stereocenters. The molecule has 0 saturated carbocycles. The molecule has 1 aromatic rings. The number of fused-ring (bicyclic) bond motifs is 2. The molecule has 0 aromatic heterocycles. The Morgan fingerprint density at radius 2 is 2.00 bits per heavy atom. The van der Waals surface area contributed by atoms with Crippen molar-refractivity contribution in [3.05, 3.63) is 34.1 Å². The lowest BCUT2D eigenvalue weighted by molar-refractivity contribution is 0.0923. The number of piperidine rings is 1. The average molecular weight is 327 g/mol. The molecular weight excluding hydrogens is 311 g/mol. The van der Waals surface area contributed by atoms with Gasteiger partial charge in [-0.05, 0) is 59.8 Å². The fourth-order valence-corrected chi connectivity index (χ4v) is 3.64. The largest absolute Gasteiger partial charge is 0.349 e. The lowest BCUT2D eigenvalue weighted by Gasteiger charge is -2.29. The fourth-order valence-electron chi connectivity index (χ4n) is 3.11. The predicted octanol–water partition coefficient (Wildman–Crippen LogP) is 2.60. The molecule has 1 amide bonds. The van der Waals surface area contributed by atoms with Crippen LogP contribution in [-0.2, 0) is 0 Å². The Hall–Kier alpha value is -0.940. The van der Waals surface area contributed by atoms with E-state index in [1.165, 1.54) is 31.0 Å². The molecule has 0 aliphatic carbocycles. The molecule has 2 fully saturated rings. The van der Waals surface area contributed by atoms with Gasteiger partial charge in [-0.3, -0.25) is 4.79 Å². The highest BCUT2D eigenvalue weighted by molar-refractivity contribution is 9.10. The molecule has 0 spiro atoms. The Balaban J connectivity index is 1.68. The molecule has 2 heterocycles. The molecule has 3 nitrogen and oxygen atoms in total. The molecule has 2 unspecified atom stereocenters. The maximum atomic E-state index is 13.0. The van der Waals surface area contributed by atoms with Gasteiger partial charge in [-0.2, -0.15) is 0 Å². The lowest BCUT2D eigenvalue weighted by Crippen LogP contribution is -2.48. The van der Waals surface area contributed by atoms with Gasteiger partial charge in [-0.15, -0.1) is 0 Å². The van der Waals surface area contributed by atoms with E-state index in [4.69, 9.17) is 0 Å². The second-order valence-electron chi connectivity index (χ2n) is 5.40. The van der Waals surface area contributed by atoms with Crippen LogP contribution in [-0.4, -0.2) is 24.0 Å². The van der Waals surface area contributed by atoms with Gasteiger partial charge in [0.05, 0.1) is 5.56 Å². The molecule has 2 saturated heterocycles. The van der Waals surface area contributed by atoms with E-state index in [1.54, 1.807) is 0 Å². The summed E-state index contributed by atoms with van der Waals surface area (Å²) >= 11 is 3.24. The molecule has 1 aromatic carbocycles. The first kappa shape index (κ1) is 13.1. The van der Waals surface area contributed by atoms with E-state index < -0.39 is 0 Å². The minimum atomic E-state index is -0.344. The van der Waals surface area contributed by atoms with Crippen LogP contribution in [0.15, 0.2) is 22.7 Å². The summed E-state index contributed by atoms with van der Waals surface area (Å²) in [5.41, 5.74) is 0.493. The summed E-state index contributed by atoms with van der Waals surface area (Å²) in [6.07, 6.45) is 4.39. The van der Waals surface area contributed by atoms with Gasteiger partial charge in [0.15, 0.2) is 0 Å². The number of hydrogen-bond donors (Lipinski definition) is 2. The highest BCUT2D eigenvalue weighted by Crippen LogP contribution is 2.27. The Kier molecular flexibility index (Phi) is 3.58. The summed E-state index contributed by atoms with van der Waals surface area (Å²) in [4.78, 5) is 12.2. The summed E-state index contributed by atoms with van der Waals surface area (Å²) < 4.78 is 13.5. The van der Waals surface area contributed by atoms with Gasteiger partial charge >= 0.3 is 0 Å². The average Bonchev–Trinajstić information content (AvgIpc) is 2.68. The van der Waals surface area contributed by atoms with E-state index in [0.29, 0.717) is 22.1 Å². The number of benzene rings is 1. The monoisotopic (exact) mass is 326 g/mol. The van der Waals surface area contributed by atoms with Gasteiger partial charge in [0.25, 0.3) is 5.91 Å². The Morgan fingerprint density at radius 1 is 1.32 bits per heavy atom. The standard InChI is InChI=1S/C14H16BrFN2O/c15-13-5-8(16)1-4-12(13)14(19)18-11-6-9-2-3-10(7-11)17-9/h1,4-5,9-11,17H,2-3,6-7H2,(H,18,19). The molecule has 2 aliphatic heterocycles. The van der Waals surface area contributed by atoms with Crippen LogP contribution in [0.25, 0.3) is 0 Å². The van der Waals surface area contributed by atoms with Gasteiger partial charge in [-0.1, -0.05) is 0 Å². The van der Waals surface area contributed by atoms with Gasteiger partial charge in [0.1, 0.15) is 5.82 Å². The number of carbonyl (C=O) groups is 1. The van der Waals surface area contributed by atoms with Crippen LogP contribution in [0.1, 0.15) is 36.0 Å². The fraction of sp³-hybridized carbons (Fsp3) is 0.500. The minimum absolute atomic E-state index is 0.127. The highest BCUT2D eigenvalue weighted by atomic mass is 79.9. The second-order valence-corrected chi connectivity index (χ2v) is 6.26. The van der Waals surface area contributed by atoms with Crippen molar-refractivity contribution in [1.82, 2.24) is 10.6 Å². The van der Waals surface area contributed by atoms with Crippen molar-refractivity contribution in [3.63, 3.8) is 0 Å². The van der Waals surface area contributed by atoms with E-state index in [9.17, 15) is 9.18 Å². The molecule has 2 N–H and O–H groups in total. The highest BCUT2D eigenvalue weighted by Gasteiger charge is 2.34. The van der Waals surface area contributed by atoms with Gasteiger partial charge < -0.3 is 10.6 Å². The van der Waals surface area contributed by atoms with Crippen LogP contribution >= 0.6 is 15.9 Å². The number of rotatable bonds is 2. The molecule has 19 heavy (non-hydrogen) atoms. The third kappa shape index (κ3) is 2.82. The molecule has 2 aliphatic rings. The normalized spacial score (nSPS) is 29.3. The van der Waals surface area contributed by atoms with Gasteiger partial charge in [0, 0.05) is 22.6 Å². The maximum Gasteiger partial charge on any atom is 0.252 e. The summed E-state index contributed by atoms with van der Waals surface area (Å²) in [6, 6.07) is 5.46. The lowest BCUT2D eigenvalue weighted by atomic mass is 9.99. The molecule has 102 valence electrons. The summed E-state index contributed by atoms with van der Waals surface area (Å²) in [7, 11) is 0. The van der Waals surface area contributed by atoms with E-state index in [0.717, 1.165) is 12.8 Å². The number of nitrogens with one attached hydrogen (secondary N) is 2. The van der Waals surface area contributed by atoms with Crippen LogP contribution in [0, 0.1) is 5.82 Å². The first-order valence-electron chi connectivity index (χ1n) is 6.64. The van der Waals surface area contributed by atoms with E-state index >= 15 is 0 Å². The Bertz CT molecular complexity index is 496. The number of amides is 1. The third-order valence-corrected chi connectivity index (χ3v) is 4.64. The SMILES string of the molecule is O=C(NC1CC2CCC(C1)N2)c1ccc(F)cc1Br. The number of hydrogen-bond acceptors (Lipinski definition) is 2. The zero-order valence-electron chi connectivity index (χ0n) is 10.5. The molecule has 3 rings (SSSR count). The van der Waals surface area contributed by atoms with E-state index in [-0.39, 0.29) is 17.8 Å². The Labute approximate surface area is 120 Å². The number of halogens is 2. The smallest absolute Gasteiger partial charge is 0.252 e. The van der Waals surface area contributed by atoms with Crippen LogP contribution in [0.4, 0.5) is 4.39 Å². The molecule has 2 bridgehead atoms. The van der Waals surface area contributed by atoms with E-state index in [2.05, 4.69) is 26.6 Å². The van der Waals surface area contributed by atoms with Crippen LogP contribution in [0.2, 0.25) is 0 Å². The molecular formula is C14H16BrFN2O. The van der Waals surface area contributed by atoms with Crippen LogP contribution in [0.5, 0.6) is 0 Å². The molecule has 5 heteroatoms. The van der Waals surface area contributed by atoms with Gasteiger partial charge in [0.2, 0.25) is 0 Å². The first-order valence-corrected chi connectivity index (χ1v) is 7.43. The maximum absolute atomic E-state index is 13.0. The quantitative estimate of drug-likeness (QED) is 0.877.